The molecule has 1 aromatic rings. The van der Waals surface area contributed by atoms with Gasteiger partial charge in [0, 0.05) is 0 Å². The zero-order chi connectivity index (χ0) is 9.68. The molecule has 0 spiro atoms. The van der Waals surface area contributed by atoms with Gasteiger partial charge in [-0.25, -0.2) is 0 Å². The van der Waals surface area contributed by atoms with E-state index in [0.717, 1.165) is 17.5 Å². The molecule has 0 aliphatic rings. The summed E-state index contributed by atoms with van der Waals surface area (Å²) in [4.78, 5) is 0. The molecule has 0 aliphatic heterocycles. The Balaban J connectivity index is 2.74. The van der Waals surface area contributed by atoms with Gasteiger partial charge < -0.3 is 9.16 Å². The Morgan fingerprint density at radius 2 is 1.85 bits per heavy atom. The highest BCUT2D eigenvalue weighted by molar-refractivity contribution is 6.50. The second-order valence-corrected chi connectivity index (χ2v) is 5.12. The van der Waals surface area contributed by atoms with E-state index in [0.29, 0.717) is 0 Å². The molecule has 1 rings (SSSR count). The third-order valence-corrected chi connectivity index (χ3v) is 3.42. The van der Waals surface area contributed by atoms with Crippen LogP contribution in [0, 0.1) is 0 Å². The third kappa shape index (κ3) is 2.77. The van der Waals surface area contributed by atoms with Gasteiger partial charge in [0.15, 0.2) is 5.75 Å². The minimum atomic E-state index is -0.693. The minimum absolute atomic E-state index is 0.693. The van der Waals surface area contributed by atoms with Crippen molar-refractivity contribution in [3.8, 4) is 11.5 Å². The fraction of sp³-hybridized carbons (Fsp3) is 0.400. The van der Waals surface area contributed by atoms with Crippen LogP contribution in [0.3, 0.4) is 0 Å². The lowest BCUT2D eigenvalue weighted by molar-refractivity contribution is 0.394. The lowest BCUT2D eigenvalue weighted by Gasteiger charge is -2.13. The van der Waals surface area contributed by atoms with Crippen molar-refractivity contribution in [1.29, 1.82) is 0 Å². The van der Waals surface area contributed by atoms with Crippen LogP contribution in [-0.4, -0.2) is 16.2 Å². The number of para-hydroxylation sites is 2. The van der Waals surface area contributed by atoms with E-state index in [-0.39, 0.29) is 0 Å². The molecular formula is C10H15O2Si. The first-order chi connectivity index (χ1) is 6.27. The predicted molar refractivity (Wildman–Crippen MR) is 55.7 cm³/mol. The van der Waals surface area contributed by atoms with Crippen molar-refractivity contribution in [2.45, 2.75) is 19.5 Å². The van der Waals surface area contributed by atoms with E-state index in [1.165, 1.54) is 0 Å². The molecule has 0 aromatic heterocycles. The molecule has 1 radical (unpaired) electrons. The lowest BCUT2D eigenvalue weighted by Crippen LogP contribution is -2.15. The van der Waals surface area contributed by atoms with Crippen molar-refractivity contribution in [2.75, 3.05) is 7.11 Å². The average Bonchev–Trinajstić information content (AvgIpc) is 2.18. The Kier molecular flexibility index (Phi) is 3.83. The lowest BCUT2D eigenvalue weighted by atomic mass is 10.3. The molecule has 0 N–H and O–H groups in total. The van der Waals surface area contributed by atoms with Gasteiger partial charge in [0.25, 0.3) is 9.04 Å². The molecule has 13 heavy (non-hydrogen) atoms. The highest BCUT2D eigenvalue weighted by Crippen LogP contribution is 2.26. The third-order valence-electron chi connectivity index (χ3n) is 1.85. The number of ether oxygens (including phenoxy) is 1. The van der Waals surface area contributed by atoms with Crippen molar-refractivity contribution >= 4 is 9.04 Å². The molecule has 0 heterocycles. The number of methoxy groups -OCH3 is 1. The Labute approximate surface area is 81.2 Å². The van der Waals surface area contributed by atoms with Crippen molar-refractivity contribution in [2.24, 2.45) is 0 Å². The number of rotatable bonds is 4. The molecule has 0 fully saturated rings. The van der Waals surface area contributed by atoms with Crippen molar-refractivity contribution in [1.82, 2.24) is 0 Å². The summed E-state index contributed by atoms with van der Waals surface area (Å²) < 4.78 is 10.9. The monoisotopic (exact) mass is 195 g/mol. The van der Waals surface area contributed by atoms with Gasteiger partial charge in [-0.05, 0) is 24.7 Å². The highest BCUT2D eigenvalue weighted by atomic mass is 28.3. The molecule has 0 amide bonds. The molecule has 0 aliphatic carbocycles. The summed E-state index contributed by atoms with van der Waals surface area (Å²) in [5.41, 5.74) is 0. The molecule has 0 saturated heterocycles. The maximum absolute atomic E-state index is 5.76. The number of benzene rings is 1. The summed E-state index contributed by atoms with van der Waals surface area (Å²) in [6.07, 6.45) is 0. The molecule has 0 unspecified atom stereocenters. The molecule has 0 saturated carbocycles. The van der Waals surface area contributed by atoms with E-state index in [2.05, 4.69) is 13.5 Å². The van der Waals surface area contributed by atoms with E-state index < -0.39 is 9.04 Å². The predicted octanol–water partition coefficient (Wildman–Crippen LogP) is 2.72. The Bertz CT molecular complexity index is 263. The first kappa shape index (κ1) is 10.1. The maximum atomic E-state index is 5.76. The second-order valence-electron chi connectivity index (χ2n) is 2.81. The largest absolute Gasteiger partial charge is 0.540 e. The van der Waals surface area contributed by atoms with Crippen LogP contribution < -0.4 is 9.16 Å². The van der Waals surface area contributed by atoms with Crippen LogP contribution in [0.1, 0.15) is 6.92 Å². The fourth-order valence-electron chi connectivity index (χ4n) is 0.963. The normalized spacial score (nSPS) is 10.2. The van der Waals surface area contributed by atoms with Crippen LogP contribution in [0.4, 0.5) is 0 Å². The zero-order valence-corrected chi connectivity index (χ0v) is 9.33. The molecule has 71 valence electrons. The standard InChI is InChI=1S/C10H15O2Si/c1-4-13(3)12-10-8-6-5-7-9(10)11-2/h5-8H,4H2,1-3H3. The quantitative estimate of drug-likeness (QED) is 0.688. The summed E-state index contributed by atoms with van der Waals surface area (Å²) in [5.74, 6) is 1.68. The van der Waals surface area contributed by atoms with Crippen molar-refractivity contribution in [3.63, 3.8) is 0 Å². The van der Waals surface area contributed by atoms with Gasteiger partial charge >= 0.3 is 0 Å². The van der Waals surface area contributed by atoms with E-state index >= 15 is 0 Å². The van der Waals surface area contributed by atoms with Gasteiger partial charge in [-0.3, -0.25) is 0 Å². The van der Waals surface area contributed by atoms with E-state index in [4.69, 9.17) is 9.16 Å². The maximum Gasteiger partial charge on any atom is 0.277 e. The Hall–Kier alpha value is -0.963. The van der Waals surface area contributed by atoms with Crippen LogP contribution in [0.5, 0.6) is 11.5 Å². The molecule has 0 bridgehead atoms. The Morgan fingerprint density at radius 3 is 2.38 bits per heavy atom. The number of hydrogen-bond acceptors (Lipinski definition) is 2. The van der Waals surface area contributed by atoms with E-state index in [1.807, 2.05) is 24.3 Å². The topological polar surface area (TPSA) is 18.5 Å². The second kappa shape index (κ2) is 4.92. The zero-order valence-electron chi connectivity index (χ0n) is 8.33. The first-order valence-corrected chi connectivity index (χ1v) is 6.52. The van der Waals surface area contributed by atoms with Gasteiger partial charge in [-0.2, -0.15) is 0 Å². The molecular weight excluding hydrogens is 180 g/mol. The number of hydrogen-bond donors (Lipinski definition) is 0. The molecule has 3 heteroatoms. The summed E-state index contributed by atoms with van der Waals surface area (Å²) in [5, 5.41) is 0. The van der Waals surface area contributed by atoms with Gasteiger partial charge in [0.2, 0.25) is 0 Å². The van der Waals surface area contributed by atoms with Crippen molar-refractivity contribution in [3.05, 3.63) is 24.3 Å². The van der Waals surface area contributed by atoms with Gasteiger partial charge in [0.05, 0.1) is 7.11 Å². The van der Waals surface area contributed by atoms with Gasteiger partial charge in [-0.1, -0.05) is 19.1 Å². The summed E-state index contributed by atoms with van der Waals surface area (Å²) in [6.45, 7) is 4.29. The molecule has 1 aromatic carbocycles. The molecule has 2 nitrogen and oxygen atoms in total. The van der Waals surface area contributed by atoms with E-state index in [9.17, 15) is 0 Å². The summed E-state index contributed by atoms with van der Waals surface area (Å²) in [6, 6.07) is 8.87. The van der Waals surface area contributed by atoms with Crippen molar-refractivity contribution < 1.29 is 9.16 Å². The van der Waals surface area contributed by atoms with Crippen LogP contribution in [0.15, 0.2) is 24.3 Å². The Morgan fingerprint density at radius 1 is 1.23 bits per heavy atom. The summed E-state index contributed by atoms with van der Waals surface area (Å²) >= 11 is 0. The highest BCUT2D eigenvalue weighted by Gasteiger charge is 2.08. The smallest absolute Gasteiger partial charge is 0.277 e. The van der Waals surface area contributed by atoms with Gasteiger partial charge in [0.1, 0.15) is 5.75 Å². The van der Waals surface area contributed by atoms with Crippen LogP contribution in [-0.2, 0) is 0 Å². The fourth-order valence-corrected chi connectivity index (χ4v) is 1.65. The van der Waals surface area contributed by atoms with Gasteiger partial charge in [-0.15, -0.1) is 0 Å². The van der Waals surface area contributed by atoms with Crippen LogP contribution >= 0.6 is 0 Å². The summed E-state index contributed by atoms with van der Waals surface area (Å²) in [7, 11) is 0.970. The molecule has 0 atom stereocenters. The van der Waals surface area contributed by atoms with Crippen LogP contribution in [0.25, 0.3) is 0 Å². The average molecular weight is 195 g/mol. The van der Waals surface area contributed by atoms with Crippen LogP contribution in [0.2, 0.25) is 12.6 Å². The minimum Gasteiger partial charge on any atom is -0.540 e. The van der Waals surface area contributed by atoms with E-state index in [1.54, 1.807) is 7.11 Å². The first-order valence-electron chi connectivity index (χ1n) is 4.41. The SMILES string of the molecule is CC[Si](C)Oc1ccccc1OC.